The second-order valence-corrected chi connectivity index (χ2v) is 6.72. The molecule has 1 atom stereocenters. The summed E-state index contributed by atoms with van der Waals surface area (Å²) in [7, 11) is 0. The lowest BCUT2D eigenvalue weighted by atomic mass is 10.1. The molecule has 154 valence electrons. The standard InChI is InChI=1S/C18H21F3N2O5/c1-11(15(25)22-16(26)23-17(2,3)4)27-14(24)10-7-12-5-8-13(9-6-12)28-18(19,20)21/h5-11H,1-4H3,(H2,22,23,25,26)/b10-7+/t11-/m0/s1. The molecule has 0 saturated heterocycles. The van der Waals surface area contributed by atoms with Crippen LogP contribution in [0.1, 0.15) is 33.3 Å². The molecule has 1 rings (SSSR count). The average Bonchev–Trinajstić information content (AvgIpc) is 2.50. The predicted molar refractivity (Wildman–Crippen MR) is 94.1 cm³/mol. The van der Waals surface area contributed by atoms with E-state index in [1.165, 1.54) is 25.1 Å². The zero-order valence-corrected chi connectivity index (χ0v) is 15.7. The summed E-state index contributed by atoms with van der Waals surface area (Å²) in [6.45, 7) is 6.47. The highest BCUT2D eigenvalue weighted by molar-refractivity contribution is 5.98. The van der Waals surface area contributed by atoms with Crippen LogP contribution in [0.3, 0.4) is 0 Å². The molecule has 0 saturated carbocycles. The summed E-state index contributed by atoms with van der Waals surface area (Å²) in [5.41, 5.74) is -0.138. The lowest BCUT2D eigenvalue weighted by Crippen LogP contribution is -2.50. The number of ether oxygens (including phenoxy) is 2. The maximum atomic E-state index is 12.1. The van der Waals surface area contributed by atoms with Gasteiger partial charge in [0.05, 0.1) is 0 Å². The molecule has 1 aromatic carbocycles. The second-order valence-electron chi connectivity index (χ2n) is 6.72. The first-order valence-electron chi connectivity index (χ1n) is 8.13. The Hall–Kier alpha value is -3.04. The number of carbonyl (C=O) groups excluding carboxylic acids is 3. The number of rotatable bonds is 5. The summed E-state index contributed by atoms with van der Waals surface area (Å²) in [5, 5.41) is 4.56. The number of nitrogens with one attached hydrogen (secondary N) is 2. The van der Waals surface area contributed by atoms with Gasteiger partial charge in [-0.2, -0.15) is 0 Å². The highest BCUT2D eigenvalue weighted by Crippen LogP contribution is 2.22. The molecule has 0 aromatic heterocycles. The predicted octanol–water partition coefficient (Wildman–Crippen LogP) is 3.15. The highest BCUT2D eigenvalue weighted by Gasteiger charge is 2.30. The first-order chi connectivity index (χ1) is 12.7. The van der Waals surface area contributed by atoms with Crippen molar-refractivity contribution < 1.29 is 37.0 Å². The van der Waals surface area contributed by atoms with E-state index in [9.17, 15) is 27.6 Å². The van der Waals surface area contributed by atoms with Crippen molar-refractivity contribution in [2.45, 2.75) is 45.7 Å². The van der Waals surface area contributed by atoms with Gasteiger partial charge in [0, 0.05) is 11.6 Å². The Morgan fingerprint density at radius 1 is 1.07 bits per heavy atom. The van der Waals surface area contributed by atoms with Gasteiger partial charge in [-0.25, -0.2) is 9.59 Å². The van der Waals surface area contributed by atoms with Crippen LogP contribution in [-0.4, -0.2) is 35.9 Å². The summed E-state index contributed by atoms with van der Waals surface area (Å²) >= 11 is 0. The SMILES string of the molecule is C[C@H](OC(=O)/C=C/c1ccc(OC(F)(F)F)cc1)C(=O)NC(=O)NC(C)(C)C. The molecular weight excluding hydrogens is 381 g/mol. The number of imide groups is 1. The van der Waals surface area contributed by atoms with Crippen molar-refractivity contribution in [2.75, 3.05) is 0 Å². The third-order valence-corrected chi connectivity index (χ3v) is 2.91. The first kappa shape index (κ1) is 23.0. The zero-order valence-electron chi connectivity index (χ0n) is 15.7. The van der Waals surface area contributed by atoms with Crippen LogP contribution < -0.4 is 15.4 Å². The quantitative estimate of drug-likeness (QED) is 0.583. The van der Waals surface area contributed by atoms with Crippen LogP contribution in [-0.2, 0) is 14.3 Å². The minimum Gasteiger partial charge on any atom is -0.449 e. The maximum Gasteiger partial charge on any atom is 0.573 e. The molecular formula is C18H21F3N2O5. The highest BCUT2D eigenvalue weighted by atomic mass is 19.4. The van der Waals surface area contributed by atoms with Gasteiger partial charge in [-0.1, -0.05) is 12.1 Å². The van der Waals surface area contributed by atoms with E-state index < -0.39 is 41.7 Å². The second kappa shape index (κ2) is 9.25. The van der Waals surface area contributed by atoms with Gasteiger partial charge >= 0.3 is 18.4 Å². The number of benzene rings is 1. The Bertz CT molecular complexity index is 737. The number of halogens is 3. The molecule has 0 radical (unpaired) electrons. The molecule has 0 aliphatic rings. The Labute approximate surface area is 159 Å². The maximum absolute atomic E-state index is 12.1. The molecule has 0 unspecified atom stereocenters. The van der Waals surface area contributed by atoms with Crippen molar-refractivity contribution in [2.24, 2.45) is 0 Å². The Balaban J connectivity index is 2.54. The molecule has 0 aliphatic carbocycles. The zero-order chi connectivity index (χ0) is 21.5. The summed E-state index contributed by atoms with van der Waals surface area (Å²) in [4.78, 5) is 35.2. The van der Waals surface area contributed by atoms with E-state index in [-0.39, 0.29) is 0 Å². The molecule has 0 fully saturated rings. The Morgan fingerprint density at radius 3 is 2.14 bits per heavy atom. The summed E-state index contributed by atoms with van der Waals surface area (Å²) in [6, 6.07) is 4.05. The fraction of sp³-hybridized carbons (Fsp3) is 0.389. The van der Waals surface area contributed by atoms with Crippen LogP contribution in [0.4, 0.5) is 18.0 Å². The number of esters is 1. The Morgan fingerprint density at radius 2 is 1.64 bits per heavy atom. The van der Waals surface area contributed by atoms with Crippen LogP contribution in [0, 0.1) is 0 Å². The van der Waals surface area contributed by atoms with Crippen LogP contribution in [0.5, 0.6) is 5.75 Å². The van der Waals surface area contributed by atoms with E-state index in [2.05, 4.69) is 10.1 Å². The van der Waals surface area contributed by atoms with Crippen molar-refractivity contribution in [3.63, 3.8) is 0 Å². The molecule has 0 heterocycles. The van der Waals surface area contributed by atoms with Crippen LogP contribution >= 0.6 is 0 Å². The summed E-state index contributed by atoms with van der Waals surface area (Å²) < 4.78 is 44.9. The van der Waals surface area contributed by atoms with E-state index >= 15 is 0 Å². The van der Waals surface area contributed by atoms with Gasteiger partial charge in [0.25, 0.3) is 5.91 Å². The fourth-order valence-electron chi connectivity index (χ4n) is 1.80. The number of hydrogen-bond acceptors (Lipinski definition) is 5. The molecule has 10 heteroatoms. The van der Waals surface area contributed by atoms with Gasteiger partial charge in [-0.05, 0) is 51.5 Å². The van der Waals surface area contributed by atoms with Crippen molar-refractivity contribution in [3.05, 3.63) is 35.9 Å². The van der Waals surface area contributed by atoms with Gasteiger partial charge < -0.3 is 14.8 Å². The molecule has 7 nitrogen and oxygen atoms in total. The normalized spacial score (nSPS) is 13.0. The molecule has 1 aromatic rings. The molecule has 0 spiro atoms. The van der Waals surface area contributed by atoms with Crippen LogP contribution in [0.2, 0.25) is 0 Å². The monoisotopic (exact) mass is 402 g/mol. The Kier molecular flexibility index (Phi) is 7.60. The summed E-state index contributed by atoms with van der Waals surface area (Å²) in [6.07, 6.45) is -3.73. The number of hydrogen-bond donors (Lipinski definition) is 2. The smallest absolute Gasteiger partial charge is 0.449 e. The van der Waals surface area contributed by atoms with Crippen molar-refractivity contribution in [1.29, 1.82) is 0 Å². The molecule has 3 amide bonds. The van der Waals surface area contributed by atoms with E-state index in [0.29, 0.717) is 5.56 Å². The van der Waals surface area contributed by atoms with Gasteiger partial charge in [0.1, 0.15) is 5.75 Å². The van der Waals surface area contributed by atoms with Gasteiger partial charge in [-0.3, -0.25) is 10.1 Å². The topological polar surface area (TPSA) is 93.7 Å². The minimum atomic E-state index is -4.79. The third-order valence-electron chi connectivity index (χ3n) is 2.91. The van der Waals surface area contributed by atoms with E-state index in [0.717, 1.165) is 18.2 Å². The fourth-order valence-corrected chi connectivity index (χ4v) is 1.80. The van der Waals surface area contributed by atoms with Gasteiger partial charge in [0.15, 0.2) is 6.10 Å². The number of amides is 3. The lowest BCUT2D eigenvalue weighted by Gasteiger charge is -2.21. The number of urea groups is 1. The van der Waals surface area contributed by atoms with Crippen LogP contribution in [0.25, 0.3) is 6.08 Å². The third kappa shape index (κ3) is 9.60. The van der Waals surface area contributed by atoms with Crippen molar-refractivity contribution in [3.8, 4) is 5.75 Å². The lowest BCUT2D eigenvalue weighted by molar-refractivity contribution is -0.274. The average molecular weight is 402 g/mol. The molecule has 0 bridgehead atoms. The van der Waals surface area contributed by atoms with Gasteiger partial charge in [0.2, 0.25) is 0 Å². The molecule has 2 N–H and O–H groups in total. The van der Waals surface area contributed by atoms with Crippen molar-refractivity contribution in [1.82, 2.24) is 10.6 Å². The first-order valence-corrected chi connectivity index (χ1v) is 8.13. The van der Waals surface area contributed by atoms with E-state index in [1.807, 2.05) is 5.32 Å². The minimum absolute atomic E-state index is 0.397. The van der Waals surface area contributed by atoms with Gasteiger partial charge in [-0.15, -0.1) is 13.2 Å². The largest absolute Gasteiger partial charge is 0.573 e. The number of alkyl halides is 3. The number of carbonyl (C=O) groups is 3. The van der Waals surface area contributed by atoms with E-state index in [4.69, 9.17) is 4.74 Å². The summed E-state index contributed by atoms with van der Waals surface area (Å²) in [5.74, 6) is -2.07. The van der Waals surface area contributed by atoms with E-state index in [1.54, 1.807) is 20.8 Å². The van der Waals surface area contributed by atoms with Crippen molar-refractivity contribution >= 4 is 24.0 Å². The molecule has 0 aliphatic heterocycles. The van der Waals surface area contributed by atoms with Crippen LogP contribution in [0.15, 0.2) is 30.3 Å². The molecule has 28 heavy (non-hydrogen) atoms.